The van der Waals surface area contributed by atoms with Crippen molar-refractivity contribution >= 4 is 26.7 Å². The number of aryl methyl sites for hydroxylation is 1. The molecule has 0 bridgehead atoms. The zero-order valence-corrected chi connectivity index (χ0v) is 12.7. The van der Waals surface area contributed by atoms with Crippen LogP contribution in [0.3, 0.4) is 0 Å². The van der Waals surface area contributed by atoms with Gasteiger partial charge in [-0.25, -0.2) is 4.98 Å². The lowest BCUT2D eigenvalue weighted by atomic mass is 10.2. The number of fused-ring (bicyclic) bond motifs is 1. The lowest BCUT2D eigenvalue weighted by Gasteiger charge is -2.07. The maximum absolute atomic E-state index is 5.51. The number of nitrogens with zero attached hydrogens (tertiary/aromatic N) is 1. The third-order valence-corrected chi connectivity index (χ3v) is 3.84. The Balaban J connectivity index is 1.75. The molecule has 0 saturated heterocycles. The number of hydrogen-bond donors (Lipinski definition) is 1. The highest BCUT2D eigenvalue weighted by Gasteiger charge is 2.03. The van der Waals surface area contributed by atoms with Crippen molar-refractivity contribution in [3.63, 3.8) is 0 Å². The molecule has 1 heterocycles. The van der Waals surface area contributed by atoms with Gasteiger partial charge in [-0.15, -0.1) is 0 Å². The first-order valence-electron chi connectivity index (χ1n) is 6.88. The highest BCUT2D eigenvalue weighted by Crippen LogP contribution is 2.26. The normalized spacial score (nSPS) is 11.4. The van der Waals surface area contributed by atoms with E-state index in [2.05, 4.69) is 49.3 Å². The van der Waals surface area contributed by atoms with Gasteiger partial charge in [0.15, 0.2) is 5.13 Å². The molecule has 3 nitrogen and oxygen atoms in total. The number of hydrogen-bond acceptors (Lipinski definition) is 4. The van der Waals surface area contributed by atoms with Crippen molar-refractivity contribution < 1.29 is 4.74 Å². The van der Waals surface area contributed by atoms with E-state index < -0.39 is 0 Å². The first-order valence-corrected chi connectivity index (χ1v) is 7.69. The summed E-state index contributed by atoms with van der Waals surface area (Å²) in [6.07, 6.45) is 2.54. The first kappa shape index (κ1) is 14.3. The zero-order chi connectivity index (χ0) is 13.7. The summed E-state index contributed by atoms with van der Waals surface area (Å²) in [4.78, 5) is 4.60. The van der Waals surface area contributed by atoms with E-state index in [0.29, 0.717) is 6.10 Å². The fourth-order valence-electron chi connectivity index (χ4n) is 1.85. The van der Waals surface area contributed by atoms with Crippen molar-refractivity contribution in [3.8, 4) is 0 Å². The molecule has 0 saturated carbocycles. The molecule has 4 heteroatoms. The molecule has 0 spiro atoms. The van der Waals surface area contributed by atoms with Gasteiger partial charge in [0.05, 0.1) is 16.3 Å². The van der Waals surface area contributed by atoms with Crippen LogP contribution < -0.4 is 5.32 Å². The average molecular weight is 278 g/mol. The Labute approximate surface area is 119 Å². The molecule has 19 heavy (non-hydrogen) atoms. The third kappa shape index (κ3) is 4.48. The van der Waals surface area contributed by atoms with Crippen LogP contribution in [0.25, 0.3) is 10.2 Å². The van der Waals surface area contributed by atoms with E-state index in [1.54, 1.807) is 11.3 Å². The SMILES string of the molecule is Cc1ccc2sc(NCCCCOC(C)C)nc2c1. The quantitative estimate of drug-likeness (QED) is 0.770. The highest BCUT2D eigenvalue weighted by molar-refractivity contribution is 7.22. The van der Waals surface area contributed by atoms with Gasteiger partial charge in [0.2, 0.25) is 0 Å². The molecule has 0 fully saturated rings. The van der Waals surface area contributed by atoms with Crippen molar-refractivity contribution in [2.45, 2.75) is 39.7 Å². The molecule has 0 aliphatic rings. The second-order valence-corrected chi connectivity index (χ2v) is 6.07. The second-order valence-electron chi connectivity index (χ2n) is 5.04. The van der Waals surface area contributed by atoms with Crippen LogP contribution in [0.5, 0.6) is 0 Å². The summed E-state index contributed by atoms with van der Waals surface area (Å²) >= 11 is 1.72. The Morgan fingerprint density at radius 1 is 1.32 bits per heavy atom. The monoisotopic (exact) mass is 278 g/mol. The van der Waals surface area contributed by atoms with E-state index in [1.165, 1.54) is 10.3 Å². The minimum atomic E-state index is 0.334. The Kier molecular flexibility index (Phi) is 5.16. The number of rotatable bonds is 7. The van der Waals surface area contributed by atoms with Crippen LogP contribution in [0, 0.1) is 6.92 Å². The van der Waals surface area contributed by atoms with Crippen molar-refractivity contribution in [2.75, 3.05) is 18.5 Å². The zero-order valence-electron chi connectivity index (χ0n) is 11.9. The summed E-state index contributed by atoms with van der Waals surface area (Å²) in [6.45, 7) is 8.04. The number of benzene rings is 1. The standard InChI is InChI=1S/C15H22N2OS/c1-11(2)18-9-5-4-8-16-15-17-13-10-12(3)6-7-14(13)19-15/h6-7,10-11H,4-5,8-9H2,1-3H3,(H,16,17). The molecule has 2 aromatic rings. The summed E-state index contributed by atoms with van der Waals surface area (Å²) in [7, 11) is 0. The second kappa shape index (κ2) is 6.87. The molecular weight excluding hydrogens is 256 g/mol. The maximum atomic E-state index is 5.51. The maximum Gasteiger partial charge on any atom is 0.183 e. The van der Waals surface area contributed by atoms with Gasteiger partial charge >= 0.3 is 0 Å². The van der Waals surface area contributed by atoms with E-state index in [0.717, 1.165) is 36.6 Å². The minimum Gasteiger partial charge on any atom is -0.379 e. The van der Waals surface area contributed by atoms with Crippen LogP contribution in [0.2, 0.25) is 0 Å². The van der Waals surface area contributed by atoms with Crippen molar-refractivity contribution in [2.24, 2.45) is 0 Å². The van der Waals surface area contributed by atoms with E-state index in [-0.39, 0.29) is 0 Å². The molecule has 1 N–H and O–H groups in total. The molecule has 0 aliphatic heterocycles. The summed E-state index contributed by atoms with van der Waals surface area (Å²) in [5.41, 5.74) is 2.35. The molecule has 1 aromatic carbocycles. The number of unbranched alkanes of at least 4 members (excludes halogenated alkanes) is 1. The third-order valence-electron chi connectivity index (χ3n) is 2.84. The van der Waals surface area contributed by atoms with Crippen LogP contribution >= 0.6 is 11.3 Å². The van der Waals surface area contributed by atoms with Crippen molar-refractivity contribution in [1.82, 2.24) is 4.98 Å². The van der Waals surface area contributed by atoms with E-state index in [4.69, 9.17) is 4.74 Å². The van der Waals surface area contributed by atoms with E-state index in [9.17, 15) is 0 Å². The van der Waals surface area contributed by atoms with Gasteiger partial charge in [0.1, 0.15) is 0 Å². The smallest absolute Gasteiger partial charge is 0.183 e. The minimum absolute atomic E-state index is 0.334. The fourth-order valence-corrected chi connectivity index (χ4v) is 2.73. The number of nitrogens with one attached hydrogen (secondary N) is 1. The summed E-state index contributed by atoms with van der Waals surface area (Å²) in [5.74, 6) is 0. The van der Waals surface area contributed by atoms with Crippen LogP contribution in [-0.2, 0) is 4.74 Å². The van der Waals surface area contributed by atoms with E-state index >= 15 is 0 Å². The molecule has 0 radical (unpaired) electrons. The molecular formula is C15H22N2OS. The molecule has 0 unspecified atom stereocenters. The van der Waals surface area contributed by atoms with Gasteiger partial charge in [-0.1, -0.05) is 17.4 Å². The first-order chi connectivity index (χ1) is 9.15. The van der Waals surface area contributed by atoms with Gasteiger partial charge in [0, 0.05) is 13.2 Å². The molecule has 0 aliphatic carbocycles. The molecule has 0 amide bonds. The topological polar surface area (TPSA) is 34.1 Å². The Hall–Kier alpha value is -1.13. The van der Waals surface area contributed by atoms with Gasteiger partial charge in [-0.3, -0.25) is 0 Å². The lowest BCUT2D eigenvalue weighted by molar-refractivity contribution is 0.0765. The van der Waals surface area contributed by atoms with Gasteiger partial charge in [-0.2, -0.15) is 0 Å². The van der Waals surface area contributed by atoms with Gasteiger partial charge in [0.25, 0.3) is 0 Å². The Morgan fingerprint density at radius 3 is 2.95 bits per heavy atom. The number of ether oxygens (including phenoxy) is 1. The van der Waals surface area contributed by atoms with Crippen molar-refractivity contribution in [1.29, 1.82) is 0 Å². The van der Waals surface area contributed by atoms with Crippen molar-refractivity contribution in [3.05, 3.63) is 23.8 Å². The van der Waals surface area contributed by atoms with E-state index in [1.807, 2.05) is 0 Å². The Bertz CT molecular complexity index is 522. The predicted molar refractivity (Wildman–Crippen MR) is 83.2 cm³/mol. The summed E-state index contributed by atoms with van der Waals surface area (Å²) in [6, 6.07) is 6.41. The molecule has 1 aromatic heterocycles. The van der Waals surface area contributed by atoms with Crippen LogP contribution in [0.15, 0.2) is 18.2 Å². The number of anilines is 1. The summed E-state index contributed by atoms with van der Waals surface area (Å²) in [5, 5.41) is 4.41. The van der Waals surface area contributed by atoms with Crippen LogP contribution in [0.1, 0.15) is 32.3 Å². The van der Waals surface area contributed by atoms with Gasteiger partial charge in [-0.05, 0) is 51.3 Å². The molecule has 2 rings (SSSR count). The Morgan fingerprint density at radius 2 is 2.16 bits per heavy atom. The average Bonchev–Trinajstić information content (AvgIpc) is 2.75. The van der Waals surface area contributed by atoms with Gasteiger partial charge < -0.3 is 10.1 Å². The number of aromatic nitrogens is 1. The lowest BCUT2D eigenvalue weighted by Crippen LogP contribution is -2.06. The highest BCUT2D eigenvalue weighted by atomic mass is 32.1. The molecule has 104 valence electrons. The fraction of sp³-hybridized carbons (Fsp3) is 0.533. The molecule has 0 atom stereocenters. The largest absolute Gasteiger partial charge is 0.379 e. The van der Waals surface area contributed by atoms with Crippen LogP contribution in [-0.4, -0.2) is 24.2 Å². The van der Waals surface area contributed by atoms with Crippen LogP contribution in [0.4, 0.5) is 5.13 Å². The predicted octanol–water partition coefficient (Wildman–Crippen LogP) is 4.22. The summed E-state index contributed by atoms with van der Waals surface area (Å²) < 4.78 is 6.76. The number of thiazole rings is 1.